The Morgan fingerprint density at radius 2 is 1.78 bits per heavy atom. The fourth-order valence-corrected chi connectivity index (χ4v) is 3.33. The lowest BCUT2D eigenvalue weighted by molar-refractivity contribution is 0.319. The van der Waals surface area contributed by atoms with Crippen LogP contribution < -0.4 is 9.46 Å². The highest BCUT2D eigenvalue weighted by molar-refractivity contribution is 7.89. The van der Waals surface area contributed by atoms with Gasteiger partial charge in [-0.2, -0.15) is 0 Å². The minimum absolute atomic E-state index is 0.00480. The Balaban J connectivity index is 1.95. The Morgan fingerprint density at radius 3 is 2.48 bits per heavy atom. The van der Waals surface area contributed by atoms with Crippen LogP contribution in [-0.4, -0.2) is 21.6 Å². The van der Waals surface area contributed by atoms with E-state index in [-0.39, 0.29) is 23.8 Å². The number of sulfonamides is 1. The summed E-state index contributed by atoms with van der Waals surface area (Å²) in [6.07, 6.45) is 0. The van der Waals surface area contributed by atoms with E-state index in [0.717, 1.165) is 17.7 Å². The van der Waals surface area contributed by atoms with Gasteiger partial charge in [0.05, 0.1) is 4.90 Å². The van der Waals surface area contributed by atoms with Gasteiger partial charge < -0.3 is 4.74 Å². The Hall–Kier alpha value is -1.99. The Morgan fingerprint density at radius 1 is 1.04 bits per heavy atom. The summed E-state index contributed by atoms with van der Waals surface area (Å²) in [5.74, 6) is -1.85. The van der Waals surface area contributed by atoms with Crippen molar-refractivity contribution in [3.05, 3.63) is 59.2 Å². The smallest absolute Gasteiger partial charge is 0.240 e. The topological polar surface area (TPSA) is 55.4 Å². The second-order valence-corrected chi connectivity index (χ2v) is 6.83. The second-order valence-electron chi connectivity index (χ2n) is 5.09. The Kier molecular flexibility index (Phi) is 5.33. The molecule has 124 valence electrons. The van der Waals surface area contributed by atoms with Gasteiger partial charge >= 0.3 is 0 Å². The van der Waals surface area contributed by atoms with Crippen LogP contribution in [0.25, 0.3) is 0 Å². The number of nitrogens with one attached hydrogen (secondary N) is 1. The van der Waals surface area contributed by atoms with Gasteiger partial charge in [-0.25, -0.2) is 21.9 Å². The summed E-state index contributed by atoms with van der Waals surface area (Å²) in [5, 5.41) is 0. The van der Waals surface area contributed by atoms with Gasteiger partial charge in [0.25, 0.3) is 0 Å². The number of ether oxygens (including phenoxy) is 1. The molecule has 4 nitrogen and oxygen atoms in total. The normalized spacial score (nSPS) is 11.5. The highest BCUT2D eigenvalue weighted by atomic mass is 32.2. The van der Waals surface area contributed by atoms with Crippen LogP contribution in [0.2, 0.25) is 0 Å². The summed E-state index contributed by atoms with van der Waals surface area (Å²) < 4.78 is 57.9. The van der Waals surface area contributed by atoms with Gasteiger partial charge in [-0.15, -0.1) is 0 Å². The van der Waals surface area contributed by atoms with E-state index in [1.165, 1.54) is 6.07 Å². The van der Waals surface area contributed by atoms with E-state index in [1.54, 1.807) is 19.1 Å². The van der Waals surface area contributed by atoms with Crippen molar-refractivity contribution in [1.29, 1.82) is 0 Å². The van der Waals surface area contributed by atoms with E-state index in [2.05, 4.69) is 4.72 Å². The van der Waals surface area contributed by atoms with Crippen LogP contribution >= 0.6 is 0 Å². The van der Waals surface area contributed by atoms with Crippen LogP contribution in [0.1, 0.15) is 11.1 Å². The molecule has 0 spiro atoms. The predicted octanol–water partition coefficient (Wildman–Crippen LogP) is 2.94. The molecular formula is C16H17F2NO3S. The third-order valence-corrected chi connectivity index (χ3v) is 4.79. The van der Waals surface area contributed by atoms with Gasteiger partial charge in [-0.1, -0.05) is 12.1 Å². The maximum absolute atomic E-state index is 13.0. The van der Waals surface area contributed by atoms with Crippen molar-refractivity contribution in [2.75, 3.05) is 13.2 Å². The number of aryl methyl sites for hydroxylation is 2. The van der Waals surface area contributed by atoms with Crippen LogP contribution in [0.3, 0.4) is 0 Å². The minimum atomic E-state index is -3.65. The Bertz CT molecular complexity index is 807. The molecule has 23 heavy (non-hydrogen) atoms. The number of hydrogen-bond donors (Lipinski definition) is 1. The van der Waals surface area contributed by atoms with Crippen molar-refractivity contribution in [3.8, 4) is 5.75 Å². The number of hydrogen-bond acceptors (Lipinski definition) is 3. The highest BCUT2D eigenvalue weighted by Gasteiger charge is 2.16. The van der Waals surface area contributed by atoms with Crippen LogP contribution in [0.4, 0.5) is 8.78 Å². The molecule has 2 aromatic rings. The molecular weight excluding hydrogens is 324 g/mol. The average Bonchev–Trinajstić information content (AvgIpc) is 2.49. The molecule has 0 saturated carbocycles. The molecule has 0 aliphatic heterocycles. The molecule has 2 aromatic carbocycles. The van der Waals surface area contributed by atoms with Gasteiger partial charge in [-0.05, 0) is 43.2 Å². The van der Waals surface area contributed by atoms with Crippen molar-refractivity contribution < 1.29 is 21.9 Å². The van der Waals surface area contributed by atoms with Crippen LogP contribution in [-0.2, 0) is 10.0 Å². The van der Waals surface area contributed by atoms with E-state index in [4.69, 9.17) is 4.74 Å². The van der Waals surface area contributed by atoms with Gasteiger partial charge in [0.2, 0.25) is 10.0 Å². The van der Waals surface area contributed by atoms with E-state index in [0.29, 0.717) is 5.56 Å². The maximum atomic E-state index is 13.0. The number of halogens is 2. The van der Waals surface area contributed by atoms with Crippen molar-refractivity contribution in [1.82, 2.24) is 4.72 Å². The van der Waals surface area contributed by atoms with Gasteiger partial charge in [-0.3, -0.25) is 0 Å². The largest absolute Gasteiger partial charge is 0.492 e. The molecule has 0 amide bonds. The molecule has 0 fully saturated rings. The molecule has 1 N–H and O–H groups in total. The van der Waals surface area contributed by atoms with E-state index >= 15 is 0 Å². The zero-order chi connectivity index (χ0) is 17.0. The fraction of sp³-hybridized carbons (Fsp3) is 0.250. The summed E-state index contributed by atoms with van der Waals surface area (Å²) in [5.41, 5.74) is 1.48. The standard InChI is InChI=1S/C16H17F2NO3S/c1-11-3-4-12(2)16(9-11)23(20,21)19-7-8-22-13-5-6-14(17)15(18)10-13/h3-6,9-10,19H,7-8H2,1-2H3. The Labute approximate surface area is 134 Å². The van der Waals surface area contributed by atoms with E-state index < -0.39 is 21.7 Å². The molecule has 0 unspecified atom stereocenters. The minimum Gasteiger partial charge on any atom is -0.492 e. The molecule has 0 saturated heterocycles. The van der Waals surface area contributed by atoms with Crippen LogP contribution in [0.15, 0.2) is 41.3 Å². The molecule has 0 radical (unpaired) electrons. The van der Waals surface area contributed by atoms with Crippen molar-refractivity contribution in [2.24, 2.45) is 0 Å². The summed E-state index contributed by atoms with van der Waals surface area (Å²) in [7, 11) is -3.65. The monoisotopic (exact) mass is 341 g/mol. The predicted molar refractivity (Wildman–Crippen MR) is 83.0 cm³/mol. The molecule has 0 heterocycles. The lowest BCUT2D eigenvalue weighted by Crippen LogP contribution is -2.28. The third kappa shape index (κ3) is 4.49. The maximum Gasteiger partial charge on any atom is 0.240 e. The van der Waals surface area contributed by atoms with Crippen molar-refractivity contribution in [2.45, 2.75) is 18.7 Å². The first-order valence-electron chi connectivity index (χ1n) is 6.94. The van der Waals surface area contributed by atoms with E-state index in [9.17, 15) is 17.2 Å². The zero-order valence-corrected chi connectivity index (χ0v) is 13.6. The molecule has 7 heteroatoms. The van der Waals surface area contributed by atoms with Gasteiger partial charge in [0.15, 0.2) is 11.6 Å². The molecule has 0 bridgehead atoms. The van der Waals surface area contributed by atoms with Crippen LogP contribution in [0, 0.1) is 25.5 Å². The zero-order valence-electron chi connectivity index (χ0n) is 12.8. The molecule has 0 atom stereocenters. The second kappa shape index (κ2) is 7.06. The lowest BCUT2D eigenvalue weighted by Gasteiger charge is -2.11. The summed E-state index contributed by atoms with van der Waals surface area (Å²) >= 11 is 0. The molecule has 0 aromatic heterocycles. The SMILES string of the molecule is Cc1ccc(C)c(S(=O)(=O)NCCOc2ccc(F)c(F)c2)c1. The van der Waals surface area contributed by atoms with Gasteiger partial charge in [0.1, 0.15) is 12.4 Å². The van der Waals surface area contributed by atoms with E-state index in [1.807, 2.05) is 13.0 Å². The fourth-order valence-electron chi connectivity index (χ4n) is 1.99. The average molecular weight is 341 g/mol. The summed E-state index contributed by atoms with van der Waals surface area (Å²) in [6, 6.07) is 8.30. The van der Waals surface area contributed by atoms with Crippen molar-refractivity contribution >= 4 is 10.0 Å². The first-order chi connectivity index (χ1) is 10.8. The number of benzene rings is 2. The molecule has 2 rings (SSSR count). The quantitative estimate of drug-likeness (QED) is 0.822. The lowest BCUT2D eigenvalue weighted by atomic mass is 10.2. The highest BCUT2D eigenvalue weighted by Crippen LogP contribution is 2.17. The summed E-state index contributed by atoms with van der Waals surface area (Å²) in [4.78, 5) is 0.213. The van der Waals surface area contributed by atoms with Crippen molar-refractivity contribution in [3.63, 3.8) is 0 Å². The third-order valence-electron chi connectivity index (χ3n) is 3.19. The molecule has 0 aliphatic carbocycles. The van der Waals surface area contributed by atoms with Crippen LogP contribution in [0.5, 0.6) is 5.75 Å². The first kappa shape index (κ1) is 17.4. The number of rotatable bonds is 6. The summed E-state index contributed by atoms with van der Waals surface area (Å²) in [6.45, 7) is 3.53. The molecule has 0 aliphatic rings. The first-order valence-corrected chi connectivity index (χ1v) is 8.43. The van der Waals surface area contributed by atoms with Gasteiger partial charge in [0, 0.05) is 12.6 Å².